The second-order valence-corrected chi connectivity index (χ2v) is 5.15. The highest BCUT2D eigenvalue weighted by Crippen LogP contribution is 2.17. The molecule has 0 fully saturated rings. The molecule has 0 spiro atoms. The molecule has 0 aliphatic rings. The van der Waals surface area contributed by atoms with Crippen LogP contribution in [0.1, 0.15) is 0 Å². The Hall–Kier alpha value is -0.940. The van der Waals surface area contributed by atoms with Crippen LogP contribution < -0.4 is 10.5 Å². The molecule has 92 valence electrons. The first-order valence-corrected chi connectivity index (χ1v) is 6.92. The molecule has 1 aromatic rings. The molecule has 0 aliphatic carbocycles. The van der Waals surface area contributed by atoms with Gasteiger partial charge in [0.2, 0.25) is 0 Å². The van der Waals surface area contributed by atoms with Gasteiger partial charge in [0, 0.05) is 10.2 Å². The Bertz CT molecular complexity index is 396. The van der Waals surface area contributed by atoms with Crippen molar-refractivity contribution in [3.05, 3.63) is 41.4 Å². The summed E-state index contributed by atoms with van der Waals surface area (Å²) in [6.07, 6.45) is 1.71. The average Bonchev–Trinajstić information content (AvgIpc) is 2.32. The van der Waals surface area contributed by atoms with Crippen LogP contribution in [0.5, 0.6) is 5.75 Å². The Morgan fingerprint density at radius 2 is 2.41 bits per heavy atom. The second kappa shape index (κ2) is 8.20. The fourth-order valence-corrected chi connectivity index (χ4v) is 1.98. The Labute approximate surface area is 114 Å². The van der Waals surface area contributed by atoms with Gasteiger partial charge in [-0.2, -0.15) is 0 Å². The van der Waals surface area contributed by atoms with Gasteiger partial charge in [-0.05, 0) is 18.2 Å². The quantitative estimate of drug-likeness (QED) is 0.380. The Kier molecular flexibility index (Phi) is 6.81. The number of amidine groups is 1. The number of hydrogen-bond acceptors (Lipinski definition) is 3. The molecular weight excluding hydrogens is 300 g/mol. The number of halogens is 1. The maximum absolute atomic E-state index is 5.67. The number of rotatable bonds is 6. The summed E-state index contributed by atoms with van der Waals surface area (Å²) in [6.45, 7) is 4.74. The molecule has 2 N–H and O–H groups in total. The van der Waals surface area contributed by atoms with Crippen molar-refractivity contribution < 1.29 is 4.74 Å². The normalized spacial score (nSPS) is 11.2. The van der Waals surface area contributed by atoms with Crippen molar-refractivity contribution in [1.82, 2.24) is 0 Å². The number of nitrogens with zero attached hydrogens (tertiary/aromatic N) is 1. The summed E-state index contributed by atoms with van der Waals surface area (Å²) in [6, 6.07) is 7.75. The standard InChI is InChI=1S/C12H15BrN2OS/c1-2-6-15-12(14)17-8-7-16-11-5-3-4-10(13)9-11/h2-5,9H,1,6-8H2,(H2,14,15). The molecule has 1 rings (SSSR count). The summed E-state index contributed by atoms with van der Waals surface area (Å²) in [7, 11) is 0. The predicted molar refractivity (Wildman–Crippen MR) is 78.8 cm³/mol. The molecule has 0 aliphatic heterocycles. The lowest BCUT2D eigenvalue weighted by Crippen LogP contribution is -2.10. The van der Waals surface area contributed by atoms with E-state index >= 15 is 0 Å². The summed E-state index contributed by atoms with van der Waals surface area (Å²) in [5.41, 5.74) is 5.67. The van der Waals surface area contributed by atoms with Gasteiger partial charge in [-0.1, -0.05) is 39.8 Å². The molecule has 0 radical (unpaired) electrons. The Morgan fingerprint density at radius 1 is 1.59 bits per heavy atom. The summed E-state index contributed by atoms with van der Waals surface area (Å²) in [5.74, 6) is 1.63. The minimum Gasteiger partial charge on any atom is -0.493 e. The van der Waals surface area contributed by atoms with Crippen LogP contribution in [0.4, 0.5) is 0 Å². The highest BCUT2D eigenvalue weighted by atomic mass is 79.9. The summed E-state index contributed by atoms with van der Waals surface area (Å²) >= 11 is 4.87. The van der Waals surface area contributed by atoms with Crippen LogP contribution in [-0.2, 0) is 0 Å². The number of nitrogens with two attached hydrogens (primary N) is 1. The molecule has 0 saturated carbocycles. The van der Waals surface area contributed by atoms with E-state index in [1.54, 1.807) is 6.08 Å². The first kappa shape index (κ1) is 14.1. The summed E-state index contributed by atoms with van der Waals surface area (Å²) in [5, 5.41) is 0.572. The van der Waals surface area contributed by atoms with E-state index in [0.29, 0.717) is 18.3 Å². The third kappa shape index (κ3) is 6.38. The number of hydrogen-bond donors (Lipinski definition) is 1. The van der Waals surface area contributed by atoms with Gasteiger partial charge in [0.05, 0.1) is 13.2 Å². The molecule has 0 saturated heterocycles. The maximum Gasteiger partial charge on any atom is 0.154 e. The van der Waals surface area contributed by atoms with Crippen molar-refractivity contribution in [2.24, 2.45) is 10.7 Å². The van der Waals surface area contributed by atoms with Crippen molar-refractivity contribution in [1.29, 1.82) is 0 Å². The van der Waals surface area contributed by atoms with E-state index in [1.807, 2.05) is 24.3 Å². The van der Waals surface area contributed by atoms with Gasteiger partial charge in [0.1, 0.15) is 5.75 Å². The van der Waals surface area contributed by atoms with Crippen molar-refractivity contribution in [3.63, 3.8) is 0 Å². The van der Waals surface area contributed by atoms with Crippen LogP contribution in [0.25, 0.3) is 0 Å². The van der Waals surface area contributed by atoms with Crippen LogP contribution in [0.2, 0.25) is 0 Å². The SMILES string of the molecule is C=CCN=C(N)SCCOc1cccc(Br)c1. The van der Waals surface area contributed by atoms with E-state index in [-0.39, 0.29) is 0 Å². The second-order valence-electron chi connectivity index (χ2n) is 3.12. The minimum absolute atomic E-state index is 0.561. The van der Waals surface area contributed by atoms with Crippen molar-refractivity contribution in [3.8, 4) is 5.75 Å². The van der Waals surface area contributed by atoms with Gasteiger partial charge < -0.3 is 10.5 Å². The fraction of sp³-hybridized carbons (Fsp3) is 0.250. The van der Waals surface area contributed by atoms with Gasteiger partial charge >= 0.3 is 0 Å². The zero-order valence-electron chi connectivity index (χ0n) is 9.43. The number of thioether (sulfide) groups is 1. The maximum atomic E-state index is 5.67. The first-order valence-electron chi connectivity index (χ1n) is 5.14. The third-order valence-electron chi connectivity index (χ3n) is 1.77. The Balaban J connectivity index is 2.22. The number of aliphatic imine (C=N–C) groups is 1. The largest absolute Gasteiger partial charge is 0.493 e. The molecule has 3 nitrogen and oxygen atoms in total. The van der Waals surface area contributed by atoms with Crippen LogP contribution in [0.15, 0.2) is 46.4 Å². The summed E-state index contributed by atoms with van der Waals surface area (Å²) in [4.78, 5) is 4.08. The predicted octanol–water partition coefficient (Wildman–Crippen LogP) is 3.06. The number of ether oxygens (including phenoxy) is 1. The molecule has 0 heterocycles. The van der Waals surface area contributed by atoms with Crippen molar-refractivity contribution in [2.45, 2.75) is 0 Å². The average molecular weight is 315 g/mol. The van der Waals surface area contributed by atoms with E-state index < -0.39 is 0 Å². The smallest absolute Gasteiger partial charge is 0.154 e. The van der Waals surface area contributed by atoms with E-state index in [0.717, 1.165) is 16.0 Å². The molecule has 1 aromatic carbocycles. The zero-order valence-corrected chi connectivity index (χ0v) is 11.8. The van der Waals surface area contributed by atoms with E-state index in [2.05, 4.69) is 27.5 Å². The van der Waals surface area contributed by atoms with Crippen LogP contribution >= 0.6 is 27.7 Å². The molecule has 0 bridgehead atoms. The van der Waals surface area contributed by atoms with Crippen molar-refractivity contribution >= 4 is 32.9 Å². The lowest BCUT2D eigenvalue weighted by atomic mass is 10.3. The molecule has 0 unspecified atom stereocenters. The topological polar surface area (TPSA) is 47.6 Å². The molecule has 0 atom stereocenters. The molecule has 5 heteroatoms. The highest BCUT2D eigenvalue weighted by Gasteiger charge is 1.96. The Morgan fingerprint density at radius 3 is 3.12 bits per heavy atom. The first-order chi connectivity index (χ1) is 8.22. The van der Waals surface area contributed by atoms with Gasteiger partial charge in [0.15, 0.2) is 5.17 Å². The fourth-order valence-electron chi connectivity index (χ4n) is 1.06. The minimum atomic E-state index is 0.561. The molecule has 0 aromatic heterocycles. The van der Waals surface area contributed by atoms with Gasteiger partial charge in [0.25, 0.3) is 0 Å². The van der Waals surface area contributed by atoms with Crippen LogP contribution in [0.3, 0.4) is 0 Å². The van der Waals surface area contributed by atoms with E-state index in [1.165, 1.54) is 11.8 Å². The highest BCUT2D eigenvalue weighted by molar-refractivity contribution is 9.10. The van der Waals surface area contributed by atoms with Gasteiger partial charge in [-0.3, -0.25) is 4.99 Å². The molecule has 17 heavy (non-hydrogen) atoms. The van der Waals surface area contributed by atoms with Crippen molar-refractivity contribution in [2.75, 3.05) is 18.9 Å². The van der Waals surface area contributed by atoms with Gasteiger partial charge in [-0.25, -0.2) is 0 Å². The monoisotopic (exact) mass is 314 g/mol. The summed E-state index contributed by atoms with van der Waals surface area (Å²) < 4.78 is 6.57. The van der Waals surface area contributed by atoms with Crippen LogP contribution in [0, 0.1) is 0 Å². The lowest BCUT2D eigenvalue weighted by molar-refractivity contribution is 0.344. The van der Waals surface area contributed by atoms with E-state index in [4.69, 9.17) is 10.5 Å². The van der Waals surface area contributed by atoms with Crippen LogP contribution in [-0.4, -0.2) is 24.1 Å². The molecular formula is C12H15BrN2OS. The lowest BCUT2D eigenvalue weighted by Gasteiger charge is -2.05. The number of benzene rings is 1. The zero-order chi connectivity index (χ0) is 12.5. The van der Waals surface area contributed by atoms with Gasteiger partial charge in [-0.15, -0.1) is 6.58 Å². The third-order valence-corrected chi connectivity index (χ3v) is 3.06. The van der Waals surface area contributed by atoms with E-state index in [9.17, 15) is 0 Å². The molecule has 0 amide bonds.